The van der Waals surface area contributed by atoms with Gasteiger partial charge in [0.05, 0.1) is 12.4 Å². The molecule has 2 N–H and O–H groups in total. The maximum atomic E-state index is 11.4. The molecule has 1 saturated carbocycles. The van der Waals surface area contributed by atoms with E-state index in [2.05, 4.69) is 15.6 Å². The van der Waals surface area contributed by atoms with E-state index in [-0.39, 0.29) is 5.91 Å². The molecule has 0 aromatic heterocycles. The van der Waals surface area contributed by atoms with Crippen molar-refractivity contribution in [2.45, 2.75) is 44.6 Å². The minimum Gasteiger partial charge on any atom is -0.365 e. The Bertz CT molecular complexity index is 259. The van der Waals surface area contributed by atoms with Crippen molar-refractivity contribution < 1.29 is 4.79 Å². The summed E-state index contributed by atoms with van der Waals surface area (Å²) < 4.78 is 0. The maximum Gasteiger partial charge on any atom is 0.239 e. The van der Waals surface area contributed by atoms with Crippen LogP contribution >= 0.6 is 0 Å². The molecule has 1 heterocycles. The van der Waals surface area contributed by atoms with Crippen molar-refractivity contribution in [3.05, 3.63) is 0 Å². The highest BCUT2D eigenvalue weighted by molar-refractivity contribution is 5.88. The predicted octanol–water partition coefficient (Wildman–Crippen LogP) is 0.827. The number of hydrogen-bond acceptors (Lipinski definition) is 3. The summed E-state index contributed by atoms with van der Waals surface area (Å²) in [5.41, 5.74) is 0. The predicted molar refractivity (Wildman–Crippen MR) is 59.9 cm³/mol. The SMILES string of the molecule is O=C(CNC1=NCCCCC1)NC1CC1. The fraction of sp³-hybridized carbons (Fsp3) is 0.818. The lowest BCUT2D eigenvalue weighted by Gasteiger charge is -2.08. The quantitative estimate of drug-likeness (QED) is 0.723. The van der Waals surface area contributed by atoms with Gasteiger partial charge in [0.25, 0.3) is 0 Å². The van der Waals surface area contributed by atoms with E-state index in [0.29, 0.717) is 12.6 Å². The zero-order chi connectivity index (χ0) is 10.5. The van der Waals surface area contributed by atoms with E-state index < -0.39 is 0 Å². The van der Waals surface area contributed by atoms with E-state index in [4.69, 9.17) is 0 Å². The largest absolute Gasteiger partial charge is 0.365 e. The lowest BCUT2D eigenvalue weighted by atomic mass is 10.2. The Labute approximate surface area is 90.5 Å². The fourth-order valence-corrected chi connectivity index (χ4v) is 1.71. The fourth-order valence-electron chi connectivity index (χ4n) is 1.71. The van der Waals surface area contributed by atoms with Crippen molar-refractivity contribution in [1.29, 1.82) is 0 Å². The van der Waals surface area contributed by atoms with Crippen molar-refractivity contribution in [2.75, 3.05) is 13.1 Å². The molecule has 1 fully saturated rings. The van der Waals surface area contributed by atoms with Gasteiger partial charge in [-0.2, -0.15) is 0 Å². The molecule has 0 bridgehead atoms. The molecule has 0 spiro atoms. The Hall–Kier alpha value is -1.06. The maximum absolute atomic E-state index is 11.4. The second kappa shape index (κ2) is 5.14. The molecule has 0 radical (unpaired) electrons. The van der Waals surface area contributed by atoms with Gasteiger partial charge in [0, 0.05) is 19.0 Å². The van der Waals surface area contributed by atoms with Crippen LogP contribution in [0.4, 0.5) is 0 Å². The summed E-state index contributed by atoms with van der Waals surface area (Å²) in [7, 11) is 0. The molecule has 1 aliphatic carbocycles. The Kier molecular flexibility index (Phi) is 3.59. The van der Waals surface area contributed by atoms with Crippen molar-refractivity contribution in [1.82, 2.24) is 10.6 Å². The molecule has 0 saturated heterocycles. The van der Waals surface area contributed by atoms with Crippen LogP contribution in [0, 0.1) is 0 Å². The summed E-state index contributed by atoms with van der Waals surface area (Å²) in [6, 6.07) is 0.454. The minimum atomic E-state index is 0.101. The summed E-state index contributed by atoms with van der Waals surface area (Å²) in [6.07, 6.45) is 6.91. The monoisotopic (exact) mass is 209 g/mol. The Morgan fingerprint density at radius 2 is 2.20 bits per heavy atom. The highest BCUT2D eigenvalue weighted by atomic mass is 16.2. The summed E-state index contributed by atoms with van der Waals surface area (Å²) in [6.45, 7) is 1.29. The van der Waals surface area contributed by atoms with Crippen LogP contribution in [-0.4, -0.2) is 30.9 Å². The number of rotatable bonds is 3. The van der Waals surface area contributed by atoms with Crippen molar-refractivity contribution in [2.24, 2.45) is 4.99 Å². The molecule has 1 amide bonds. The van der Waals surface area contributed by atoms with Crippen LogP contribution < -0.4 is 10.6 Å². The summed E-state index contributed by atoms with van der Waals surface area (Å²) in [5.74, 6) is 1.11. The molecular formula is C11H19N3O. The number of amides is 1. The normalized spacial score (nSPS) is 21.5. The van der Waals surface area contributed by atoms with Crippen LogP contribution in [-0.2, 0) is 4.79 Å². The van der Waals surface area contributed by atoms with E-state index in [0.717, 1.165) is 31.6 Å². The third-order valence-corrected chi connectivity index (χ3v) is 2.77. The highest BCUT2D eigenvalue weighted by Crippen LogP contribution is 2.18. The number of nitrogens with zero attached hydrogens (tertiary/aromatic N) is 1. The molecule has 84 valence electrons. The van der Waals surface area contributed by atoms with E-state index in [1.165, 1.54) is 19.3 Å². The van der Waals surface area contributed by atoms with Gasteiger partial charge < -0.3 is 10.6 Å². The number of aliphatic imine (C=N–C) groups is 1. The number of nitrogens with one attached hydrogen (secondary N) is 2. The molecule has 2 aliphatic rings. The van der Waals surface area contributed by atoms with E-state index in [1.807, 2.05) is 0 Å². The number of amidine groups is 1. The van der Waals surface area contributed by atoms with Gasteiger partial charge in [0.15, 0.2) is 0 Å². The molecule has 0 aromatic carbocycles. The number of carbonyl (C=O) groups is 1. The second-order valence-corrected chi connectivity index (χ2v) is 4.33. The Balaban J connectivity index is 1.66. The minimum absolute atomic E-state index is 0.101. The Morgan fingerprint density at radius 3 is 3.00 bits per heavy atom. The number of hydrogen-bond donors (Lipinski definition) is 2. The molecular weight excluding hydrogens is 190 g/mol. The van der Waals surface area contributed by atoms with Gasteiger partial charge in [0.1, 0.15) is 0 Å². The van der Waals surface area contributed by atoms with Gasteiger partial charge in [-0.25, -0.2) is 0 Å². The standard InChI is InChI=1S/C11H19N3O/c15-11(14-9-5-6-9)8-13-10-4-2-1-3-7-12-10/h9H,1-8H2,(H,12,13)(H,14,15). The van der Waals surface area contributed by atoms with Crippen LogP contribution in [0.1, 0.15) is 38.5 Å². The molecule has 2 rings (SSSR count). The first-order valence-electron chi connectivity index (χ1n) is 5.91. The molecule has 1 aliphatic heterocycles. The molecule has 4 nitrogen and oxygen atoms in total. The first-order valence-corrected chi connectivity index (χ1v) is 5.91. The number of carbonyl (C=O) groups excluding carboxylic acids is 1. The zero-order valence-electron chi connectivity index (χ0n) is 9.09. The highest BCUT2D eigenvalue weighted by Gasteiger charge is 2.22. The molecule has 4 heteroatoms. The lowest BCUT2D eigenvalue weighted by molar-refractivity contribution is -0.120. The zero-order valence-corrected chi connectivity index (χ0v) is 9.09. The van der Waals surface area contributed by atoms with Gasteiger partial charge in [-0.1, -0.05) is 6.42 Å². The van der Waals surface area contributed by atoms with Crippen LogP contribution in [0.2, 0.25) is 0 Å². The summed E-state index contributed by atoms with van der Waals surface area (Å²) >= 11 is 0. The van der Waals surface area contributed by atoms with E-state index in [9.17, 15) is 4.79 Å². The van der Waals surface area contributed by atoms with Crippen LogP contribution in [0.25, 0.3) is 0 Å². The summed E-state index contributed by atoms with van der Waals surface area (Å²) in [5, 5.41) is 6.09. The Morgan fingerprint density at radius 1 is 1.33 bits per heavy atom. The average Bonchev–Trinajstić information content (AvgIpc) is 3.01. The van der Waals surface area contributed by atoms with Crippen LogP contribution in [0.15, 0.2) is 4.99 Å². The van der Waals surface area contributed by atoms with E-state index in [1.54, 1.807) is 0 Å². The lowest BCUT2D eigenvalue weighted by Crippen LogP contribution is -2.37. The first-order chi connectivity index (χ1) is 7.34. The molecule has 15 heavy (non-hydrogen) atoms. The van der Waals surface area contributed by atoms with Crippen molar-refractivity contribution >= 4 is 11.7 Å². The second-order valence-electron chi connectivity index (χ2n) is 4.33. The van der Waals surface area contributed by atoms with Crippen molar-refractivity contribution in [3.8, 4) is 0 Å². The van der Waals surface area contributed by atoms with Crippen LogP contribution in [0.5, 0.6) is 0 Å². The smallest absolute Gasteiger partial charge is 0.239 e. The summed E-state index contributed by atoms with van der Waals surface area (Å²) in [4.78, 5) is 15.8. The van der Waals surface area contributed by atoms with Crippen molar-refractivity contribution in [3.63, 3.8) is 0 Å². The topological polar surface area (TPSA) is 53.5 Å². The first kappa shape index (κ1) is 10.5. The molecule has 0 atom stereocenters. The van der Waals surface area contributed by atoms with Gasteiger partial charge in [0.2, 0.25) is 5.91 Å². The van der Waals surface area contributed by atoms with Gasteiger partial charge >= 0.3 is 0 Å². The van der Waals surface area contributed by atoms with Crippen LogP contribution in [0.3, 0.4) is 0 Å². The average molecular weight is 209 g/mol. The van der Waals surface area contributed by atoms with Gasteiger partial charge in [-0.15, -0.1) is 0 Å². The third-order valence-electron chi connectivity index (χ3n) is 2.77. The van der Waals surface area contributed by atoms with E-state index >= 15 is 0 Å². The molecule has 0 aromatic rings. The molecule has 0 unspecified atom stereocenters. The van der Waals surface area contributed by atoms with Gasteiger partial charge in [-0.3, -0.25) is 9.79 Å². The van der Waals surface area contributed by atoms with Gasteiger partial charge in [-0.05, 0) is 25.7 Å². The third kappa shape index (κ3) is 3.90.